The van der Waals surface area contributed by atoms with E-state index in [0.717, 1.165) is 12.5 Å². The first-order chi connectivity index (χ1) is 8.88. The number of nitrogens with one attached hydrogen (secondary N) is 2. The molecule has 4 nitrogen and oxygen atoms in total. The van der Waals surface area contributed by atoms with E-state index < -0.39 is 0 Å². The molecule has 0 amide bonds. The molecule has 4 heteroatoms. The van der Waals surface area contributed by atoms with Crippen molar-refractivity contribution in [2.45, 2.75) is 19.3 Å². The molecule has 0 saturated carbocycles. The van der Waals surface area contributed by atoms with E-state index in [0.29, 0.717) is 0 Å². The Hall–Kier alpha value is -0.160. The van der Waals surface area contributed by atoms with Gasteiger partial charge in [0.2, 0.25) is 0 Å². The molecule has 2 saturated heterocycles. The van der Waals surface area contributed by atoms with Gasteiger partial charge >= 0.3 is 0 Å². The fraction of sp³-hybridized carbons (Fsp3) is 1.00. The highest BCUT2D eigenvalue weighted by atomic mass is 15.3. The summed E-state index contributed by atoms with van der Waals surface area (Å²) < 4.78 is 0. The molecule has 2 aliphatic heterocycles. The van der Waals surface area contributed by atoms with Crippen molar-refractivity contribution in [3.63, 3.8) is 0 Å². The lowest BCUT2D eigenvalue weighted by Gasteiger charge is -2.37. The smallest absolute Gasteiger partial charge is 0.0110 e. The minimum atomic E-state index is 0.946. The van der Waals surface area contributed by atoms with Crippen molar-refractivity contribution in [2.75, 3.05) is 66.0 Å². The number of rotatable bonds is 6. The quantitative estimate of drug-likeness (QED) is 0.664. The van der Waals surface area contributed by atoms with Crippen LogP contribution in [0.1, 0.15) is 19.3 Å². The third kappa shape index (κ3) is 4.84. The van der Waals surface area contributed by atoms with Crippen molar-refractivity contribution < 1.29 is 0 Å². The molecule has 2 rings (SSSR count). The Labute approximate surface area is 112 Å². The van der Waals surface area contributed by atoms with Gasteiger partial charge in [-0.3, -0.25) is 0 Å². The summed E-state index contributed by atoms with van der Waals surface area (Å²) in [5.74, 6) is 0.946. The molecule has 2 heterocycles. The van der Waals surface area contributed by atoms with E-state index in [2.05, 4.69) is 20.4 Å². The summed E-state index contributed by atoms with van der Waals surface area (Å²) in [7, 11) is 2.04. The Morgan fingerprint density at radius 1 is 1.06 bits per heavy atom. The zero-order chi connectivity index (χ0) is 12.6. The van der Waals surface area contributed by atoms with Crippen LogP contribution in [0.4, 0.5) is 0 Å². The average molecular weight is 254 g/mol. The van der Waals surface area contributed by atoms with Gasteiger partial charge in [0.1, 0.15) is 0 Å². The second kappa shape index (κ2) is 8.10. The summed E-state index contributed by atoms with van der Waals surface area (Å²) in [5.41, 5.74) is 0. The number of nitrogens with zero attached hydrogens (tertiary/aromatic N) is 2. The molecule has 0 spiro atoms. The van der Waals surface area contributed by atoms with E-state index in [1.807, 2.05) is 7.05 Å². The van der Waals surface area contributed by atoms with Crippen molar-refractivity contribution in [3.8, 4) is 0 Å². The van der Waals surface area contributed by atoms with Gasteiger partial charge < -0.3 is 20.4 Å². The third-order valence-electron chi connectivity index (χ3n) is 4.34. The molecule has 0 aromatic carbocycles. The highest BCUT2D eigenvalue weighted by Crippen LogP contribution is 2.14. The van der Waals surface area contributed by atoms with E-state index in [-0.39, 0.29) is 0 Å². The predicted molar refractivity (Wildman–Crippen MR) is 77.0 cm³/mol. The summed E-state index contributed by atoms with van der Waals surface area (Å²) in [4.78, 5) is 5.31. The van der Waals surface area contributed by atoms with Crippen molar-refractivity contribution >= 4 is 0 Å². The number of piperidine rings is 1. The van der Waals surface area contributed by atoms with E-state index in [9.17, 15) is 0 Å². The van der Waals surface area contributed by atoms with Gasteiger partial charge in [0.25, 0.3) is 0 Å². The van der Waals surface area contributed by atoms with Gasteiger partial charge in [0.05, 0.1) is 0 Å². The Kier molecular flexibility index (Phi) is 6.41. The first kappa shape index (κ1) is 14.3. The number of hydrogen-bond acceptors (Lipinski definition) is 4. The molecule has 0 bridgehead atoms. The van der Waals surface area contributed by atoms with Gasteiger partial charge in [-0.05, 0) is 58.4 Å². The van der Waals surface area contributed by atoms with Crippen LogP contribution in [0.15, 0.2) is 0 Å². The second-order valence-electron chi connectivity index (χ2n) is 5.79. The summed E-state index contributed by atoms with van der Waals surface area (Å²) in [5, 5.41) is 6.68. The molecule has 2 N–H and O–H groups in total. The maximum Gasteiger partial charge on any atom is 0.0110 e. The van der Waals surface area contributed by atoms with Crippen LogP contribution >= 0.6 is 0 Å². The Balaban J connectivity index is 1.57. The standard InChI is InChI=1S/C14H30N4/c1-15-5-2-8-17-9-11-18(12-10-17)13-14-3-6-16-7-4-14/h14-16H,2-13H2,1H3. The first-order valence-electron chi connectivity index (χ1n) is 7.68. The van der Waals surface area contributed by atoms with Crippen LogP contribution in [0.25, 0.3) is 0 Å². The minimum absolute atomic E-state index is 0.946. The van der Waals surface area contributed by atoms with Gasteiger partial charge in [-0.1, -0.05) is 0 Å². The normalized spacial score (nSPS) is 24.5. The summed E-state index contributed by atoms with van der Waals surface area (Å²) >= 11 is 0. The Bertz CT molecular complexity index is 208. The van der Waals surface area contributed by atoms with Crippen molar-refractivity contribution in [2.24, 2.45) is 5.92 Å². The zero-order valence-corrected chi connectivity index (χ0v) is 12.0. The Morgan fingerprint density at radius 2 is 1.72 bits per heavy atom. The summed E-state index contributed by atoms with van der Waals surface area (Å²) in [6.07, 6.45) is 4.04. The molecule has 0 aliphatic carbocycles. The van der Waals surface area contributed by atoms with E-state index in [4.69, 9.17) is 0 Å². The molecular weight excluding hydrogens is 224 g/mol. The SMILES string of the molecule is CNCCCN1CCN(CC2CCNCC2)CC1. The van der Waals surface area contributed by atoms with Crippen LogP contribution in [0, 0.1) is 5.92 Å². The minimum Gasteiger partial charge on any atom is -0.320 e. The maximum absolute atomic E-state index is 3.46. The zero-order valence-electron chi connectivity index (χ0n) is 12.0. The van der Waals surface area contributed by atoms with Gasteiger partial charge in [0.15, 0.2) is 0 Å². The summed E-state index contributed by atoms with van der Waals surface area (Å²) in [6, 6.07) is 0. The van der Waals surface area contributed by atoms with Crippen LogP contribution < -0.4 is 10.6 Å². The third-order valence-corrected chi connectivity index (χ3v) is 4.34. The van der Waals surface area contributed by atoms with Crippen LogP contribution in [0.3, 0.4) is 0 Å². The van der Waals surface area contributed by atoms with E-state index in [1.54, 1.807) is 0 Å². The molecular formula is C14H30N4. The number of piperazine rings is 1. The monoisotopic (exact) mass is 254 g/mol. The molecule has 2 aliphatic rings. The van der Waals surface area contributed by atoms with Crippen LogP contribution in [-0.2, 0) is 0 Å². The molecule has 2 fully saturated rings. The largest absolute Gasteiger partial charge is 0.320 e. The molecule has 106 valence electrons. The van der Waals surface area contributed by atoms with Crippen molar-refractivity contribution in [1.82, 2.24) is 20.4 Å². The molecule has 18 heavy (non-hydrogen) atoms. The predicted octanol–water partition coefficient (Wildman–Crippen LogP) is 0.213. The lowest BCUT2D eigenvalue weighted by molar-refractivity contribution is 0.110. The average Bonchev–Trinajstić information content (AvgIpc) is 2.42. The van der Waals surface area contributed by atoms with Gasteiger partial charge in [-0.25, -0.2) is 0 Å². The molecule has 0 aromatic rings. The van der Waals surface area contributed by atoms with Gasteiger partial charge in [-0.15, -0.1) is 0 Å². The van der Waals surface area contributed by atoms with Crippen LogP contribution in [0.5, 0.6) is 0 Å². The maximum atomic E-state index is 3.46. The van der Waals surface area contributed by atoms with Crippen molar-refractivity contribution in [3.05, 3.63) is 0 Å². The van der Waals surface area contributed by atoms with E-state index >= 15 is 0 Å². The lowest BCUT2D eigenvalue weighted by atomic mass is 9.97. The highest BCUT2D eigenvalue weighted by Gasteiger charge is 2.20. The second-order valence-corrected chi connectivity index (χ2v) is 5.79. The van der Waals surface area contributed by atoms with Gasteiger partial charge in [-0.2, -0.15) is 0 Å². The van der Waals surface area contributed by atoms with Crippen LogP contribution in [-0.4, -0.2) is 75.8 Å². The van der Waals surface area contributed by atoms with Crippen LogP contribution in [0.2, 0.25) is 0 Å². The topological polar surface area (TPSA) is 30.5 Å². The number of hydrogen-bond donors (Lipinski definition) is 2. The summed E-state index contributed by atoms with van der Waals surface area (Å²) in [6.45, 7) is 11.3. The fourth-order valence-corrected chi connectivity index (χ4v) is 3.10. The molecule has 0 radical (unpaired) electrons. The van der Waals surface area contributed by atoms with Gasteiger partial charge in [0, 0.05) is 32.7 Å². The Morgan fingerprint density at radius 3 is 2.39 bits per heavy atom. The molecule has 0 unspecified atom stereocenters. The molecule has 0 aromatic heterocycles. The van der Waals surface area contributed by atoms with Crippen molar-refractivity contribution in [1.29, 1.82) is 0 Å². The van der Waals surface area contributed by atoms with E-state index in [1.165, 1.54) is 71.6 Å². The fourth-order valence-electron chi connectivity index (χ4n) is 3.10. The lowest BCUT2D eigenvalue weighted by Crippen LogP contribution is -2.48. The highest BCUT2D eigenvalue weighted by molar-refractivity contribution is 4.77. The first-order valence-corrected chi connectivity index (χ1v) is 7.68. The molecule has 0 atom stereocenters.